The maximum absolute atomic E-state index is 14.0. The zero-order valence-electron chi connectivity index (χ0n) is 13.5. The van der Waals surface area contributed by atoms with Gasteiger partial charge in [-0.15, -0.1) is 0 Å². The van der Waals surface area contributed by atoms with Crippen molar-refractivity contribution in [2.45, 2.75) is 13.3 Å². The predicted octanol–water partition coefficient (Wildman–Crippen LogP) is 2.54. The van der Waals surface area contributed by atoms with Gasteiger partial charge in [0, 0.05) is 13.1 Å². The maximum Gasteiger partial charge on any atom is 0.308 e. The molecule has 6 nitrogen and oxygen atoms in total. The van der Waals surface area contributed by atoms with Gasteiger partial charge in [-0.25, -0.2) is 8.78 Å². The molecule has 3 rings (SSSR count). The summed E-state index contributed by atoms with van der Waals surface area (Å²) in [5, 5.41) is 15.5. The molecular formula is C17H17F2N3O3. The molecule has 1 aromatic heterocycles. The van der Waals surface area contributed by atoms with E-state index in [1.54, 1.807) is 0 Å². The van der Waals surface area contributed by atoms with Crippen LogP contribution < -0.4 is 0 Å². The van der Waals surface area contributed by atoms with Crippen LogP contribution in [0.4, 0.5) is 8.78 Å². The predicted molar refractivity (Wildman–Crippen MR) is 84.8 cm³/mol. The van der Waals surface area contributed by atoms with Crippen LogP contribution in [-0.2, 0) is 4.79 Å². The molecule has 0 aliphatic carbocycles. The Bertz CT molecular complexity index is 801. The van der Waals surface area contributed by atoms with Gasteiger partial charge >= 0.3 is 5.97 Å². The van der Waals surface area contributed by atoms with Crippen molar-refractivity contribution in [2.24, 2.45) is 11.8 Å². The molecule has 1 saturated heterocycles. The summed E-state index contributed by atoms with van der Waals surface area (Å²) in [4.78, 5) is 25.5. The highest BCUT2D eigenvalue weighted by Crippen LogP contribution is 2.29. The zero-order chi connectivity index (χ0) is 18.1. The molecule has 2 N–H and O–H groups in total. The van der Waals surface area contributed by atoms with Gasteiger partial charge in [-0.2, -0.15) is 5.10 Å². The van der Waals surface area contributed by atoms with Gasteiger partial charge in [-0.1, -0.05) is 13.0 Å². The summed E-state index contributed by atoms with van der Waals surface area (Å²) in [6.45, 7) is 2.30. The van der Waals surface area contributed by atoms with E-state index in [4.69, 9.17) is 0 Å². The molecule has 25 heavy (non-hydrogen) atoms. The number of carboxylic acids is 1. The van der Waals surface area contributed by atoms with E-state index in [2.05, 4.69) is 10.2 Å². The number of carboxylic acid groups (broad SMARTS) is 1. The van der Waals surface area contributed by atoms with Gasteiger partial charge in [0.2, 0.25) is 0 Å². The third-order valence-electron chi connectivity index (χ3n) is 4.38. The lowest BCUT2D eigenvalue weighted by molar-refractivity contribution is -0.143. The molecule has 2 unspecified atom stereocenters. The number of nitrogens with one attached hydrogen (secondary N) is 1. The highest BCUT2D eigenvalue weighted by atomic mass is 19.1. The third kappa shape index (κ3) is 3.24. The second-order valence-electron chi connectivity index (χ2n) is 6.34. The van der Waals surface area contributed by atoms with E-state index < -0.39 is 29.4 Å². The van der Waals surface area contributed by atoms with E-state index in [1.165, 1.54) is 17.2 Å². The molecule has 1 amide bonds. The van der Waals surface area contributed by atoms with Gasteiger partial charge in [-0.3, -0.25) is 14.7 Å². The fourth-order valence-corrected chi connectivity index (χ4v) is 3.24. The summed E-state index contributed by atoms with van der Waals surface area (Å²) in [5.41, 5.74) is -0.392. The van der Waals surface area contributed by atoms with Crippen molar-refractivity contribution >= 4 is 11.9 Å². The minimum Gasteiger partial charge on any atom is -0.481 e. The number of likely N-dealkylation sites (tertiary alicyclic amines) is 1. The Hall–Kier alpha value is -2.77. The van der Waals surface area contributed by atoms with Crippen molar-refractivity contribution in [3.05, 3.63) is 41.6 Å². The Morgan fingerprint density at radius 3 is 2.60 bits per heavy atom. The van der Waals surface area contributed by atoms with Crippen LogP contribution in [0.15, 0.2) is 24.4 Å². The SMILES string of the molecule is CC1CC(C(=O)O)CN(C(=O)c2cn[nH]c2-c2c(F)cccc2F)C1. The first-order valence-electron chi connectivity index (χ1n) is 7.88. The molecule has 8 heteroatoms. The van der Waals surface area contributed by atoms with Gasteiger partial charge in [-0.05, 0) is 24.5 Å². The van der Waals surface area contributed by atoms with Crippen LogP contribution in [0.2, 0.25) is 0 Å². The standard InChI is InChI=1S/C17H17F2N3O3/c1-9-5-10(17(24)25)8-22(7-9)16(23)11-6-20-21-15(11)14-12(18)3-2-4-13(14)19/h2-4,6,9-10H,5,7-8H2,1H3,(H,20,21)(H,24,25). The van der Waals surface area contributed by atoms with Crippen LogP contribution in [0, 0.1) is 23.5 Å². The Morgan fingerprint density at radius 1 is 1.28 bits per heavy atom. The Labute approximate surface area is 142 Å². The molecule has 0 spiro atoms. The van der Waals surface area contributed by atoms with E-state index in [0.717, 1.165) is 12.1 Å². The highest BCUT2D eigenvalue weighted by Gasteiger charge is 2.34. The number of hydrogen-bond donors (Lipinski definition) is 2. The highest BCUT2D eigenvalue weighted by molar-refractivity contribution is 6.00. The Kier molecular flexibility index (Phi) is 4.52. The molecule has 1 aliphatic rings. The number of aromatic amines is 1. The summed E-state index contributed by atoms with van der Waals surface area (Å²) < 4.78 is 28.1. The molecule has 0 radical (unpaired) electrons. The summed E-state index contributed by atoms with van der Waals surface area (Å²) in [5.74, 6) is -3.73. The van der Waals surface area contributed by atoms with Gasteiger partial charge in [0.05, 0.1) is 28.9 Å². The van der Waals surface area contributed by atoms with Gasteiger partial charge in [0.15, 0.2) is 0 Å². The first-order chi connectivity index (χ1) is 11.9. The van der Waals surface area contributed by atoms with E-state index in [0.29, 0.717) is 13.0 Å². The number of hydrogen-bond acceptors (Lipinski definition) is 3. The summed E-state index contributed by atoms with van der Waals surface area (Å²) in [6.07, 6.45) is 1.69. The van der Waals surface area contributed by atoms with Crippen molar-refractivity contribution in [1.82, 2.24) is 15.1 Å². The van der Waals surface area contributed by atoms with Crippen LogP contribution in [-0.4, -0.2) is 45.2 Å². The number of H-pyrrole nitrogens is 1. The smallest absolute Gasteiger partial charge is 0.308 e. The summed E-state index contributed by atoms with van der Waals surface area (Å²) in [6, 6.07) is 3.42. The molecule has 2 aromatic rings. The number of piperidine rings is 1. The van der Waals surface area contributed by atoms with Crippen molar-refractivity contribution in [3.8, 4) is 11.3 Å². The zero-order valence-corrected chi connectivity index (χ0v) is 13.5. The number of benzene rings is 1. The minimum atomic E-state index is -0.961. The largest absolute Gasteiger partial charge is 0.481 e. The number of carbonyl (C=O) groups excluding carboxylic acids is 1. The van der Waals surface area contributed by atoms with Crippen LogP contribution >= 0.6 is 0 Å². The molecule has 2 heterocycles. The van der Waals surface area contributed by atoms with E-state index in [9.17, 15) is 23.5 Å². The Morgan fingerprint density at radius 2 is 1.96 bits per heavy atom. The third-order valence-corrected chi connectivity index (χ3v) is 4.38. The molecule has 132 valence electrons. The van der Waals surface area contributed by atoms with Crippen LogP contribution in [0.5, 0.6) is 0 Å². The Balaban J connectivity index is 1.94. The topological polar surface area (TPSA) is 86.3 Å². The number of aliphatic carboxylic acids is 1. The number of amides is 1. The van der Waals surface area contributed by atoms with Gasteiger partial charge < -0.3 is 10.0 Å². The fourth-order valence-electron chi connectivity index (χ4n) is 3.24. The minimum absolute atomic E-state index is 0.0133. The summed E-state index contributed by atoms with van der Waals surface area (Å²) >= 11 is 0. The van der Waals surface area contributed by atoms with Gasteiger partial charge in [0.1, 0.15) is 11.6 Å². The number of halogens is 2. The number of carbonyl (C=O) groups is 2. The monoisotopic (exact) mass is 349 g/mol. The second-order valence-corrected chi connectivity index (χ2v) is 6.34. The molecular weight excluding hydrogens is 332 g/mol. The molecule has 0 bridgehead atoms. The first-order valence-corrected chi connectivity index (χ1v) is 7.88. The molecule has 1 aliphatic heterocycles. The quantitative estimate of drug-likeness (QED) is 0.892. The number of nitrogens with zero attached hydrogens (tertiary/aromatic N) is 2. The lowest BCUT2D eigenvalue weighted by atomic mass is 9.90. The normalized spacial score (nSPS) is 20.5. The lowest BCUT2D eigenvalue weighted by Crippen LogP contribution is -2.45. The van der Waals surface area contributed by atoms with Crippen molar-refractivity contribution in [1.29, 1.82) is 0 Å². The van der Waals surface area contributed by atoms with E-state index in [-0.39, 0.29) is 29.3 Å². The van der Waals surface area contributed by atoms with Crippen molar-refractivity contribution in [3.63, 3.8) is 0 Å². The van der Waals surface area contributed by atoms with Crippen LogP contribution in [0.1, 0.15) is 23.7 Å². The fraction of sp³-hybridized carbons (Fsp3) is 0.353. The first kappa shape index (κ1) is 17.1. The molecule has 2 atom stereocenters. The average Bonchev–Trinajstić information content (AvgIpc) is 3.02. The number of rotatable bonds is 3. The van der Waals surface area contributed by atoms with Crippen LogP contribution in [0.3, 0.4) is 0 Å². The molecule has 0 saturated carbocycles. The van der Waals surface area contributed by atoms with E-state index >= 15 is 0 Å². The molecule has 1 aromatic carbocycles. The van der Waals surface area contributed by atoms with Crippen molar-refractivity contribution < 1.29 is 23.5 Å². The number of aromatic nitrogens is 2. The average molecular weight is 349 g/mol. The van der Waals surface area contributed by atoms with E-state index in [1.807, 2.05) is 6.92 Å². The second kappa shape index (κ2) is 6.62. The lowest BCUT2D eigenvalue weighted by Gasteiger charge is -2.34. The molecule has 1 fully saturated rings. The van der Waals surface area contributed by atoms with Crippen molar-refractivity contribution in [2.75, 3.05) is 13.1 Å². The van der Waals surface area contributed by atoms with Crippen LogP contribution in [0.25, 0.3) is 11.3 Å². The summed E-state index contributed by atoms with van der Waals surface area (Å²) in [7, 11) is 0. The maximum atomic E-state index is 14.0. The van der Waals surface area contributed by atoms with Gasteiger partial charge in [0.25, 0.3) is 5.91 Å².